The van der Waals surface area contributed by atoms with Crippen LogP contribution in [0.25, 0.3) is 0 Å². The van der Waals surface area contributed by atoms with E-state index in [1.165, 1.54) is 24.4 Å². The summed E-state index contributed by atoms with van der Waals surface area (Å²) in [4.78, 5) is 8.78. The van der Waals surface area contributed by atoms with Gasteiger partial charge in [-0.15, -0.1) is 0 Å². The van der Waals surface area contributed by atoms with Crippen LogP contribution in [0.1, 0.15) is 12.8 Å². The van der Waals surface area contributed by atoms with Crippen LogP contribution in [0.3, 0.4) is 0 Å². The summed E-state index contributed by atoms with van der Waals surface area (Å²) in [5, 5.41) is 0.957. The summed E-state index contributed by atoms with van der Waals surface area (Å²) in [6, 6.07) is 0.615. The molecule has 84 valence electrons. The molecule has 0 bridgehead atoms. The predicted octanol–water partition coefficient (Wildman–Crippen LogP) is 0.651. The van der Waals surface area contributed by atoms with Crippen molar-refractivity contribution in [2.75, 3.05) is 37.8 Å². The zero-order valence-corrected chi connectivity index (χ0v) is 10.00. The van der Waals surface area contributed by atoms with E-state index in [0.29, 0.717) is 12.0 Å². The lowest BCUT2D eigenvalue weighted by Gasteiger charge is -2.35. The highest BCUT2D eigenvalue weighted by molar-refractivity contribution is 7.09. The van der Waals surface area contributed by atoms with Gasteiger partial charge < -0.3 is 15.5 Å². The predicted molar refractivity (Wildman–Crippen MR) is 63.2 cm³/mol. The number of nitrogen functional groups attached to an aromatic ring is 1. The average Bonchev–Trinajstić information content (AvgIpc) is 2.65. The third-order valence-electron chi connectivity index (χ3n) is 2.83. The van der Waals surface area contributed by atoms with E-state index in [2.05, 4.69) is 33.3 Å². The van der Waals surface area contributed by atoms with Crippen molar-refractivity contribution in [3.05, 3.63) is 0 Å². The van der Waals surface area contributed by atoms with E-state index in [-0.39, 0.29) is 0 Å². The summed E-state index contributed by atoms with van der Waals surface area (Å²) >= 11 is 1.39. The lowest BCUT2D eigenvalue weighted by atomic mass is 10.1. The first-order valence-electron chi connectivity index (χ1n) is 5.17. The number of nitrogens with zero attached hydrogens (tertiary/aromatic N) is 4. The second kappa shape index (κ2) is 4.32. The highest BCUT2D eigenvalue weighted by atomic mass is 32.1. The van der Waals surface area contributed by atoms with Gasteiger partial charge in [-0.2, -0.15) is 9.36 Å². The molecular weight excluding hydrogens is 210 g/mol. The third kappa shape index (κ3) is 2.38. The second-order valence-corrected chi connectivity index (χ2v) is 4.87. The Morgan fingerprint density at radius 2 is 2.33 bits per heavy atom. The summed E-state index contributed by atoms with van der Waals surface area (Å²) in [5.74, 6) is 0.391. The molecule has 0 radical (unpaired) electrons. The fourth-order valence-electron chi connectivity index (χ4n) is 1.90. The second-order valence-electron chi connectivity index (χ2n) is 4.14. The van der Waals surface area contributed by atoms with E-state index in [1.807, 2.05) is 0 Å². The first kappa shape index (κ1) is 10.6. The molecular formula is C9H17N5S. The summed E-state index contributed by atoms with van der Waals surface area (Å²) in [6.45, 7) is 2.10. The van der Waals surface area contributed by atoms with Crippen molar-refractivity contribution in [3.8, 4) is 0 Å². The van der Waals surface area contributed by atoms with Gasteiger partial charge in [-0.3, -0.25) is 0 Å². The average molecular weight is 227 g/mol. The Morgan fingerprint density at radius 3 is 2.93 bits per heavy atom. The number of hydrogen-bond donors (Lipinski definition) is 1. The molecule has 1 unspecified atom stereocenters. The first-order chi connectivity index (χ1) is 7.16. The Labute approximate surface area is 94.1 Å². The van der Waals surface area contributed by atoms with Gasteiger partial charge >= 0.3 is 0 Å². The SMILES string of the molecule is CN(C)C1CCCN(c2nc(N)ns2)C1. The van der Waals surface area contributed by atoms with E-state index >= 15 is 0 Å². The molecule has 2 heterocycles. The molecule has 1 atom stereocenters. The largest absolute Gasteiger partial charge is 0.367 e. The molecule has 0 aliphatic carbocycles. The zero-order chi connectivity index (χ0) is 10.8. The lowest BCUT2D eigenvalue weighted by Crippen LogP contribution is -2.45. The molecule has 1 aromatic rings. The number of aromatic nitrogens is 2. The van der Waals surface area contributed by atoms with Gasteiger partial charge in [0.1, 0.15) is 0 Å². The van der Waals surface area contributed by atoms with Crippen LogP contribution in [-0.2, 0) is 0 Å². The molecule has 6 heteroatoms. The quantitative estimate of drug-likeness (QED) is 0.804. The maximum Gasteiger partial charge on any atom is 0.233 e. The van der Waals surface area contributed by atoms with Gasteiger partial charge in [0.05, 0.1) is 0 Å². The minimum Gasteiger partial charge on any atom is -0.367 e. The van der Waals surface area contributed by atoms with Crippen molar-refractivity contribution in [2.45, 2.75) is 18.9 Å². The van der Waals surface area contributed by atoms with Crippen LogP contribution in [0.4, 0.5) is 11.1 Å². The van der Waals surface area contributed by atoms with Gasteiger partial charge in [0.15, 0.2) is 0 Å². The Kier molecular flexibility index (Phi) is 3.06. The van der Waals surface area contributed by atoms with E-state index in [1.54, 1.807) is 0 Å². The van der Waals surface area contributed by atoms with E-state index in [4.69, 9.17) is 5.73 Å². The molecule has 0 spiro atoms. The molecule has 1 aromatic heterocycles. The van der Waals surface area contributed by atoms with Crippen LogP contribution >= 0.6 is 11.5 Å². The molecule has 0 saturated carbocycles. The fraction of sp³-hybridized carbons (Fsp3) is 0.778. The zero-order valence-electron chi connectivity index (χ0n) is 9.18. The maximum atomic E-state index is 5.53. The number of nitrogens with two attached hydrogens (primary N) is 1. The molecule has 1 aliphatic rings. The van der Waals surface area contributed by atoms with E-state index < -0.39 is 0 Å². The van der Waals surface area contributed by atoms with Crippen molar-refractivity contribution < 1.29 is 0 Å². The Balaban J connectivity index is 2.04. The molecule has 1 aliphatic heterocycles. The molecule has 15 heavy (non-hydrogen) atoms. The Hall–Kier alpha value is -0.880. The number of likely N-dealkylation sites (N-methyl/N-ethyl adjacent to an activating group) is 1. The molecule has 1 fully saturated rings. The lowest BCUT2D eigenvalue weighted by molar-refractivity contribution is 0.258. The normalized spacial score (nSPS) is 22.3. The van der Waals surface area contributed by atoms with Crippen LogP contribution < -0.4 is 10.6 Å². The topological polar surface area (TPSA) is 58.3 Å². The maximum absolute atomic E-state index is 5.53. The Morgan fingerprint density at radius 1 is 1.53 bits per heavy atom. The molecule has 2 N–H and O–H groups in total. The smallest absolute Gasteiger partial charge is 0.233 e. The fourth-order valence-corrected chi connectivity index (χ4v) is 2.54. The van der Waals surface area contributed by atoms with Crippen molar-refractivity contribution in [3.63, 3.8) is 0 Å². The molecule has 0 amide bonds. The molecule has 2 rings (SSSR count). The van der Waals surface area contributed by atoms with Gasteiger partial charge in [0.2, 0.25) is 11.1 Å². The third-order valence-corrected chi connectivity index (χ3v) is 3.62. The highest BCUT2D eigenvalue weighted by Gasteiger charge is 2.23. The summed E-state index contributed by atoms with van der Waals surface area (Å²) in [6.07, 6.45) is 2.47. The van der Waals surface area contributed by atoms with Crippen LogP contribution in [0.15, 0.2) is 0 Å². The van der Waals surface area contributed by atoms with Crippen molar-refractivity contribution in [2.24, 2.45) is 0 Å². The number of hydrogen-bond acceptors (Lipinski definition) is 6. The monoisotopic (exact) mass is 227 g/mol. The van der Waals surface area contributed by atoms with Crippen molar-refractivity contribution in [1.29, 1.82) is 0 Å². The molecule has 5 nitrogen and oxygen atoms in total. The number of anilines is 2. The summed E-state index contributed by atoms with van der Waals surface area (Å²) in [5.41, 5.74) is 5.53. The van der Waals surface area contributed by atoms with Gasteiger partial charge in [-0.1, -0.05) is 0 Å². The van der Waals surface area contributed by atoms with Gasteiger partial charge in [-0.25, -0.2) is 0 Å². The number of rotatable bonds is 2. The summed E-state index contributed by atoms with van der Waals surface area (Å²) < 4.78 is 4.01. The first-order valence-corrected chi connectivity index (χ1v) is 5.94. The van der Waals surface area contributed by atoms with E-state index in [9.17, 15) is 0 Å². The summed E-state index contributed by atoms with van der Waals surface area (Å²) in [7, 11) is 4.26. The van der Waals surface area contributed by atoms with Gasteiger partial charge in [-0.05, 0) is 26.9 Å². The number of piperidine rings is 1. The van der Waals surface area contributed by atoms with E-state index in [0.717, 1.165) is 18.2 Å². The molecule has 0 aromatic carbocycles. The van der Waals surface area contributed by atoms with Crippen LogP contribution in [0.5, 0.6) is 0 Å². The van der Waals surface area contributed by atoms with Crippen molar-refractivity contribution in [1.82, 2.24) is 14.3 Å². The van der Waals surface area contributed by atoms with Gasteiger partial charge in [0.25, 0.3) is 0 Å². The molecule has 1 saturated heterocycles. The Bertz CT molecular complexity index is 324. The van der Waals surface area contributed by atoms with Crippen LogP contribution in [0, 0.1) is 0 Å². The van der Waals surface area contributed by atoms with Gasteiger partial charge in [0, 0.05) is 30.7 Å². The minimum atomic E-state index is 0.391. The highest BCUT2D eigenvalue weighted by Crippen LogP contribution is 2.23. The standard InChI is InChI=1S/C9H17N5S/c1-13(2)7-4-3-5-14(6-7)9-11-8(10)12-15-9/h7H,3-6H2,1-2H3,(H2,10,12). The minimum absolute atomic E-state index is 0.391. The van der Waals surface area contributed by atoms with Crippen LogP contribution in [0.2, 0.25) is 0 Å². The van der Waals surface area contributed by atoms with Crippen molar-refractivity contribution >= 4 is 22.6 Å². The van der Waals surface area contributed by atoms with Crippen LogP contribution in [-0.4, -0.2) is 47.5 Å².